The standard InChI is InChI=1S/C15H9Br2NO3/c1-18-12-5-2-8(6-13(12)21-15(18)20)14(19)10-7-9(16)3-4-11(10)17/h2-7H,1H3. The number of aromatic nitrogens is 1. The molecule has 3 rings (SSSR count). The van der Waals surface area contributed by atoms with Crippen LogP contribution in [0.25, 0.3) is 11.1 Å². The molecule has 21 heavy (non-hydrogen) atoms. The molecule has 1 heterocycles. The van der Waals surface area contributed by atoms with Crippen LogP contribution < -0.4 is 5.76 Å². The Hall–Kier alpha value is -1.66. The number of carbonyl (C=O) groups is 1. The van der Waals surface area contributed by atoms with Crippen molar-refractivity contribution in [1.29, 1.82) is 0 Å². The van der Waals surface area contributed by atoms with Crippen LogP contribution in [0, 0.1) is 0 Å². The lowest BCUT2D eigenvalue weighted by Crippen LogP contribution is -2.08. The number of rotatable bonds is 2. The Morgan fingerprint density at radius 3 is 2.67 bits per heavy atom. The quantitative estimate of drug-likeness (QED) is 0.602. The van der Waals surface area contributed by atoms with E-state index in [1.165, 1.54) is 4.57 Å². The lowest BCUT2D eigenvalue weighted by atomic mass is 10.0. The smallest absolute Gasteiger partial charge is 0.408 e. The van der Waals surface area contributed by atoms with Crippen molar-refractivity contribution in [2.24, 2.45) is 7.05 Å². The van der Waals surface area contributed by atoms with Gasteiger partial charge in [0.05, 0.1) is 5.52 Å². The van der Waals surface area contributed by atoms with E-state index in [-0.39, 0.29) is 5.78 Å². The van der Waals surface area contributed by atoms with Gasteiger partial charge in [-0.1, -0.05) is 31.9 Å². The number of carbonyl (C=O) groups excluding carboxylic acids is 1. The molecule has 1 aromatic heterocycles. The van der Waals surface area contributed by atoms with Crippen LogP contribution >= 0.6 is 31.9 Å². The molecule has 0 atom stereocenters. The Morgan fingerprint density at radius 2 is 1.90 bits per heavy atom. The minimum atomic E-state index is -0.446. The Labute approximate surface area is 136 Å². The predicted molar refractivity (Wildman–Crippen MR) is 86.7 cm³/mol. The zero-order valence-electron chi connectivity index (χ0n) is 10.9. The number of ketones is 1. The molecule has 3 aromatic rings. The maximum Gasteiger partial charge on any atom is 0.419 e. The van der Waals surface area contributed by atoms with Crippen molar-refractivity contribution in [2.45, 2.75) is 0 Å². The molecule has 6 heteroatoms. The number of nitrogens with zero attached hydrogens (tertiary/aromatic N) is 1. The van der Waals surface area contributed by atoms with E-state index >= 15 is 0 Å². The van der Waals surface area contributed by atoms with Gasteiger partial charge in [0.1, 0.15) is 0 Å². The maximum absolute atomic E-state index is 12.6. The molecule has 0 spiro atoms. The van der Waals surface area contributed by atoms with E-state index in [9.17, 15) is 9.59 Å². The molecule has 0 aliphatic heterocycles. The predicted octanol–water partition coefficient (Wildman–Crippen LogP) is 3.89. The van der Waals surface area contributed by atoms with Crippen LogP contribution in [0.2, 0.25) is 0 Å². The molecule has 0 unspecified atom stereocenters. The van der Waals surface area contributed by atoms with Gasteiger partial charge in [0.2, 0.25) is 0 Å². The Bertz CT molecular complexity index is 924. The molecule has 0 radical (unpaired) electrons. The van der Waals surface area contributed by atoms with Gasteiger partial charge in [0.25, 0.3) is 0 Å². The molecule has 0 aliphatic rings. The van der Waals surface area contributed by atoms with Crippen LogP contribution in [0.3, 0.4) is 0 Å². The molecular weight excluding hydrogens is 402 g/mol. The fraction of sp³-hybridized carbons (Fsp3) is 0.0667. The summed E-state index contributed by atoms with van der Waals surface area (Å²) < 4.78 is 8.05. The minimum Gasteiger partial charge on any atom is -0.408 e. The summed E-state index contributed by atoms with van der Waals surface area (Å²) in [5.41, 5.74) is 2.07. The number of hydrogen-bond donors (Lipinski definition) is 0. The SMILES string of the molecule is Cn1c(=O)oc2cc(C(=O)c3cc(Br)ccc3Br)ccc21. The van der Waals surface area contributed by atoms with Crippen LogP contribution in [0.1, 0.15) is 15.9 Å². The minimum absolute atomic E-state index is 0.142. The fourth-order valence-electron chi connectivity index (χ4n) is 2.10. The van der Waals surface area contributed by atoms with Crippen molar-refractivity contribution < 1.29 is 9.21 Å². The van der Waals surface area contributed by atoms with Crippen LogP contribution in [0.15, 0.2) is 54.6 Å². The van der Waals surface area contributed by atoms with Gasteiger partial charge in [-0.3, -0.25) is 9.36 Å². The summed E-state index contributed by atoms with van der Waals surface area (Å²) in [4.78, 5) is 24.1. The Morgan fingerprint density at radius 1 is 1.14 bits per heavy atom. The monoisotopic (exact) mass is 409 g/mol. The molecule has 0 amide bonds. The number of hydrogen-bond acceptors (Lipinski definition) is 3. The first kappa shape index (κ1) is 14.3. The molecule has 0 fully saturated rings. The van der Waals surface area contributed by atoms with Crippen molar-refractivity contribution in [3.05, 3.63) is 67.0 Å². The van der Waals surface area contributed by atoms with Gasteiger partial charge in [-0.05, 0) is 36.4 Å². The van der Waals surface area contributed by atoms with Gasteiger partial charge in [-0.25, -0.2) is 4.79 Å². The topological polar surface area (TPSA) is 52.2 Å². The van der Waals surface area contributed by atoms with Gasteiger partial charge < -0.3 is 4.42 Å². The molecule has 0 aliphatic carbocycles. The highest BCUT2D eigenvalue weighted by Gasteiger charge is 2.15. The third kappa shape index (κ3) is 2.49. The first-order chi connectivity index (χ1) is 9.97. The second kappa shape index (κ2) is 5.27. The van der Waals surface area contributed by atoms with Crippen LogP contribution in [-0.2, 0) is 7.05 Å². The molecular formula is C15H9Br2NO3. The van der Waals surface area contributed by atoms with Gasteiger partial charge in [-0.2, -0.15) is 0 Å². The first-order valence-electron chi connectivity index (χ1n) is 6.06. The third-order valence-corrected chi connectivity index (χ3v) is 4.41. The second-order valence-corrected chi connectivity index (χ2v) is 6.33. The lowest BCUT2D eigenvalue weighted by Gasteiger charge is -2.05. The van der Waals surface area contributed by atoms with E-state index in [1.54, 1.807) is 37.4 Å². The van der Waals surface area contributed by atoms with Crippen LogP contribution in [-0.4, -0.2) is 10.4 Å². The van der Waals surface area contributed by atoms with Gasteiger partial charge >= 0.3 is 5.76 Å². The fourth-order valence-corrected chi connectivity index (χ4v) is 2.89. The normalized spacial score (nSPS) is 11.0. The average molecular weight is 411 g/mol. The summed E-state index contributed by atoms with van der Waals surface area (Å²) in [6.07, 6.45) is 0. The number of aryl methyl sites for hydroxylation is 1. The van der Waals surface area contributed by atoms with E-state index in [1.807, 2.05) is 6.07 Å². The van der Waals surface area contributed by atoms with E-state index in [2.05, 4.69) is 31.9 Å². The van der Waals surface area contributed by atoms with Crippen molar-refractivity contribution in [3.8, 4) is 0 Å². The number of benzene rings is 2. The van der Waals surface area contributed by atoms with Gasteiger partial charge in [0, 0.05) is 27.1 Å². The summed E-state index contributed by atoms with van der Waals surface area (Å²) in [7, 11) is 1.63. The Balaban J connectivity index is 2.13. The zero-order chi connectivity index (χ0) is 15.1. The molecule has 106 valence electrons. The highest BCUT2D eigenvalue weighted by Crippen LogP contribution is 2.25. The molecule has 0 saturated carbocycles. The van der Waals surface area contributed by atoms with E-state index < -0.39 is 5.76 Å². The van der Waals surface area contributed by atoms with Gasteiger partial charge in [-0.15, -0.1) is 0 Å². The lowest BCUT2D eigenvalue weighted by molar-refractivity contribution is 0.103. The molecule has 4 nitrogen and oxygen atoms in total. The van der Waals surface area contributed by atoms with E-state index in [4.69, 9.17) is 4.42 Å². The van der Waals surface area contributed by atoms with Crippen molar-refractivity contribution in [3.63, 3.8) is 0 Å². The Kier molecular flexibility index (Phi) is 3.59. The number of fused-ring (bicyclic) bond motifs is 1. The highest BCUT2D eigenvalue weighted by atomic mass is 79.9. The molecule has 0 bridgehead atoms. The second-order valence-electron chi connectivity index (χ2n) is 4.56. The summed E-state index contributed by atoms with van der Waals surface area (Å²) in [5, 5.41) is 0. The number of oxazole rings is 1. The molecule has 0 saturated heterocycles. The van der Waals surface area contributed by atoms with E-state index in [0.29, 0.717) is 26.7 Å². The summed E-state index contributed by atoms with van der Waals surface area (Å²) in [5.74, 6) is -0.588. The largest absolute Gasteiger partial charge is 0.419 e. The summed E-state index contributed by atoms with van der Waals surface area (Å²) >= 11 is 6.73. The molecule has 0 N–H and O–H groups in total. The maximum atomic E-state index is 12.6. The van der Waals surface area contributed by atoms with Crippen LogP contribution in [0.4, 0.5) is 0 Å². The summed E-state index contributed by atoms with van der Waals surface area (Å²) in [6.45, 7) is 0. The number of halogens is 2. The highest BCUT2D eigenvalue weighted by molar-refractivity contribution is 9.11. The molecule has 2 aromatic carbocycles. The van der Waals surface area contributed by atoms with Crippen molar-refractivity contribution in [1.82, 2.24) is 4.57 Å². The van der Waals surface area contributed by atoms with Gasteiger partial charge in [0.15, 0.2) is 11.4 Å². The van der Waals surface area contributed by atoms with Crippen molar-refractivity contribution >= 4 is 48.7 Å². The van der Waals surface area contributed by atoms with Crippen molar-refractivity contribution in [2.75, 3.05) is 0 Å². The zero-order valence-corrected chi connectivity index (χ0v) is 14.1. The first-order valence-corrected chi connectivity index (χ1v) is 7.65. The van der Waals surface area contributed by atoms with E-state index in [0.717, 1.165) is 4.47 Å². The summed E-state index contributed by atoms with van der Waals surface area (Å²) in [6, 6.07) is 10.4. The average Bonchev–Trinajstić information content (AvgIpc) is 2.75. The third-order valence-electron chi connectivity index (χ3n) is 3.23. The van der Waals surface area contributed by atoms with Crippen LogP contribution in [0.5, 0.6) is 0 Å².